The van der Waals surface area contributed by atoms with Gasteiger partial charge in [0.2, 0.25) is 5.91 Å². The Kier molecular flexibility index (Phi) is 3.94. The zero-order valence-corrected chi connectivity index (χ0v) is 14.5. The van der Waals surface area contributed by atoms with Crippen molar-refractivity contribution in [3.63, 3.8) is 0 Å². The summed E-state index contributed by atoms with van der Waals surface area (Å²) in [6.45, 7) is 4.99. The van der Waals surface area contributed by atoms with E-state index in [1.165, 1.54) is 0 Å². The Morgan fingerprint density at radius 2 is 2.04 bits per heavy atom. The van der Waals surface area contributed by atoms with Crippen LogP contribution in [0.2, 0.25) is 0 Å². The first kappa shape index (κ1) is 16.6. The van der Waals surface area contributed by atoms with Gasteiger partial charge in [0.1, 0.15) is 11.5 Å². The molecule has 6 heteroatoms. The van der Waals surface area contributed by atoms with Crippen LogP contribution in [0.3, 0.4) is 0 Å². The lowest BCUT2D eigenvalue weighted by Crippen LogP contribution is -2.36. The summed E-state index contributed by atoms with van der Waals surface area (Å²) in [5.41, 5.74) is -0.422. The molecule has 1 aliphatic carbocycles. The van der Waals surface area contributed by atoms with Gasteiger partial charge in [-0.05, 0) is 25.5 Å². The normalized spacial score (nSPS) is 27.7. The highest BCUT2D eigenvalue weighted by atomic mass is 16.5. The molecule has 0 radical (unpaired) electrons. The second-order valence-electron chi connectivity index (χ2n) is 6.70. The van der Waals surface area contributed by atoms with Crippen LogP contribution in [-0.4, -0.2) is 44.1 Å². The quantitative estimate of drug-likeness (QED) is 0.588. The average Bonchev–Trinajstić information content (AvgIpc) is 3.14. The summed E-state index contributed by atoms with van der Waals surface area (Å²) < 4.78 is 15.7. The molecule has 1 heterocycles. The minimum atomic E-state index is -0.983. The highest BCUT2D eigenvalue weighted by Gasteiger charge is 2.80. The molecule has 1 saturated heterocycles. The fourth-order valence-corrected chi connectivity index (χ4v) is 3.80. The van der Waals surface area contributed by atoms with Crippen LogP contribution in [0.15, 0.2) is 18.2 Å². The number of amides is 1. The van der Waals surface area contributed by atoms with Gasteiger partial charge in [-0.3, -0.25) is 9.59 Å². The van der Waals surface area contributed by atoms with Crippen LogP contribution in [0.25, 0.3) is 0 Å². The number of piperidine rings is 1. The van der Waals surface area contributed by atoms with Crippen LogP contribution in [0, 0.1) is 10.8 Å². The molecule has 3 rings (SSSR count). The van der Waals surface area contributed by atoms with E-state index in [0.717, 1.165) is 5.56 Å². The molecule has 1 aromatic carbocycles. The van der Waals surface area contributed by atoms with Gasteiger partial charge in [0.05, 0.1) is 20.8 Å². The molecule has 1 saturated carbocycles. The minimum Gasteiger partial charge on any atom is -0.497 e. The third-order valence-electron chi connectivity index (χ3n) is 5.23. The molecular formula is C18H23NO5. The van der Waals surface area contributed by atoms with E-state index in [9.17, 15) is 9.59 Å². The zero-order valence-electron chi connectivity index (χ0n) is 14.5. The van der Waals surface area contributed by atoms with Crippen LogP contribution < -0.4 is 9.47 Å². The molecule has 1 aliphatic heterocycles. The molecule has 2 aliphatic rings. The molecule has 2 fully saturated rings. The van der Waals surface area contributed by atoms with Crippen molar-refractivity contribution < 1.29 is 23.8 Å². The Morgan fingerprint density at radius 3 is 2.67 bits per heavy atom. The molecule has 0 N–H and O–H groups in total. The Balaban J connectivity index is 1.81. The first-order valence-corrected chi connectivity index (χ1v) is 8.09. The lowest BCUT2D eigenvalue weighted by Gasteiger charge is -2.22. The monoisotopic (exact) mass is 333 g/mol. The lowest BCUT2D eigenvalue weighted by molar-refractivity contribution is -0.156. The molecule has 2 atom stereocenters. The lowest BCUT2D eigenvalue weighted by atomic mass is 9.98. The predicted molar refractivity (Wildman–Crippen MR) is 86.8 cm³/mol. The molecule has 6 nitrogen and oxygen atoms in total. The number of ether oxygens (including phenoxy) is 3. The van der Waals surface area contributed by atoms with E-state index in [-0.39, 0.29) is 23.9 Å². The molecule has 0 aromatic heterocycles. The summed E-state index contributed by atoms with van der Waals surface area (Å²) >= 11 is 0. The van der Waals surface area contributed by atoms with E-state index in [0.29, 0.717) is 31.0 Å². The van der Waals surface area contributed by atoms with Crippen molar-refractivity contribution in [3.8, 4) is 11.5 Å². The summed E-state index contributed by atoms with van der Waals surface area (Å²) in [6, 6.07) is 5.51. The molecule has 1 amide bonds. The van der Waals surface area contributed by atoms with Crippen LogP contribution in [-0.2, 0) is 20.9 Å². The van der Waals surface area contributed by atoms with Crippen molar-refractivity contribution in [2.75, 3.05) is 27.4 Å². The number of benzene rings is 1. The van der Waals surface area contributed by atoms with E-state index in [2.05, 4.69) is 0 Å². The van der Waals surface area contributed by atoms with Gasteiger partial charge < -0.3 is 19.1 Å². The van der Waals surface area contributed by atoms with Crippen molar-refractivity contribution >= 4 is 11.9 Å². The van der Waals surface area contributed by atoms with Gasteiger partial charge in [-0.25, -0.2) is 0 Å². The van der Waals surface area contributed by atoms with Gasteiger partial charge in [-0.15, -0.1) is 0 Å². The minimum absolute atomic E-state index is 0.138. The Morgan fingerprint density at radius 1 is 1.29 bits per heavy atom. The predicted octanol–water partition coefficient (Wildman–Crippen LogP) is 2.01. The number of carbonyl (C=O) groups excluding carboxylic acids is 2. The Labute approximate surface area is 141 Å². The van der Waals surface area contributed by atoms with Crippen molar-refractivity contribution in [2.45, 2.75) is 26.8 Å². The van der Waals surface area contributed by atoms with Gasteiger partial charge in [-0.1, -0.05) is 6.92 Å². The topological polar surface area (TPSA) is 65.1 Å². The van der Waals surface area contributed by atoms with Crippen LogP contribution in [0.4, 0.5) is 0 Å². The third kappa shape index (κ3) is 2.24. The maximum atomic E-state index is 12.9. The molecule has 1 aromatic rings. The second kappa shape index (κ2) is 5.69. The summed E-state index contributed by atoms with van der Waals surface area (Å²) in [6.07, 6.45) is 0.577. The van der Waals surface area contributed by atoms with Gasteiger partial charge in [0.25, 0.3) is 0 Å². The largest absolute Gasteiger partial charge is 0.497 e. The SMILES string of the molecule is CCOC(=O)C12CC1(C)CN(Cc1ccc(OC)cc1OC)C2=O. The summed E-state index contributed by atoms with van der Waals surface area (Å²) in [7, 11) is 3.18. The number of hydrogen-bond donors (Lipinski definition) is 0. The molecule has 130 valence electrons. The fourth-order valence-electron chi connectivity index (χ4n) is 3.80. The van der Waals surface area contributed by atoms with E-state index in [4.69, 9.17) is 14.2 Å². The number of carbonyl (C=O) groups is 2. The Bertz CT molecular complexity index is 688. The van der Waals surface area contributed by atoms with Gasteiger partial charge in [0, 0.05) is 30.1 Å². The van der Waals surface area contributed by atoms with E-state index >= 15 is 0 Å². The molecule has 2 unspecified atom stereocenters. The fraction of sp³-hybridized carbons (Fsp3) is 0.556. The second-order valence-corrected chi connectivity index (χ2v) is 6.70. The van der Waals surface area contributed by atoms with Gasteiger partial charge in [-0.2, -0.15) is 0 Å². The number of methoxy groups -OCH3 is 2. The standard InChI is InChI=1S/C18H23NO5/c1-5-24-16(21)18-10-17(18,2)11-19(15(18)20)9-12-6-7-13(22-3)8-14(12)23-4/h6-8H,5,9-11H2,1-4H3. The van der Waals surface area contributed by atoms with Gasteiger partial charge >= 0.3 is 5.97 Å². The van der Waals surface area contributed by atoms with Crippen molar-refractivity contribution in [3.05, 3.63) is 23.8 Å². The molecule has 0 bridgehead atoms. The maximum absolute atomic E-state index is 12.9. The highest BCUT2D eigenvalue weighted by Crippen LogP contribution is 2.69. The first-order valence-electron chi connectivity index (χ1n) is 8.09. The Hall–Kier alpha value is -2.24. The summed E-state index contributed by atoms with van der Waals surface area (Å²) in [5, 5.41) is 0. The summed E-state index contributed by atoms with van der Waals surface area (Å²) in [4.78, 5) is 26.9. The van der Waals surface area contributed by atoms with Crippen molar-refractivity contribution in [1.82, 2.24) is 4.90 Å². The molecule has 0 spiro atoms. The van der Waals surface area contributed by atoms with E-state index in [1.54, 1.807) is 32.1 Å². The maximum Gasteiger partial charge on any atom is 0.322 e. The summed E-state index contributed by atoms with van der Waals surface area (Å²) in [5.74, 6) is 0.835. The third-order valence-corrected chi connectivity index (χ3v) is 5.23. The zero-order chi connectivity index (χ0) is 17.5. The number of hydrogen-bond acceptors (Lipinski definition) is 5. The van der Waals surface area contributed by atoms with Crippen LogP contribution in [0.1, 0.15) is 25.8 Å². The number of nitrogens with zero attached hydrogens (tertiary/aromatic N) is 1. The van der Waals surface area contributed by atoms with Crippen molar-refractivity contribution in [2.24, 2.45) is 10.8 Å². The van der Waals surface area contributed by atoms with Gasteiger partial charge in [0.15, 0.2) is 5.41 Å². The van der Waals surface area contributed by atoms with E-state index in [1.807, 2.05) is 19.1 Å². The smallest absolute Gasteiger partial charge is 0.322 e. The van der Waals surface area contributed by atoms with Crippen molar-refractivity contribution in [1.29, 1.82) is 0 Å². The van der Waals surface area contributed by atoms with E-state index < -0.39 is 5.41 Å². The molecule has 24 heavy (non-hydrogen) atoms. The van der Waals surface area contributed by atoms with Crippen LogP contribution in [0.5, 0.6) is 11.5 Å². The first-order chi connectivity index (χ1) is 11.4. The number of fused-ring (bicyclic) bond motifs is 1. The molecular weight excluding hydrogens is 310 g/mol. The number of rotatable bonds is 6. The highest BCUT2D eigenvalue weighted by molar-refractivity contribution is 6.09. The average molecular weight is 333 g/mol. The van der Waals surface area contributed by atoms with Crippen LogP contribution >= 0.6 is 0 Å². The number of likely N-dealkylation sites (tertiary alicyclic amines) is 1. The number of esters is 1.